The molecule has 0 aromatic heterocycles. The van der Waals surface area contributed by atoms with Crippen molar-refractivity contribution in [2.75, 3.05) is 7.05 Å². The maximum Gasteiger partial charge on any atom is 0.322 e. The molecular formula is C14H26N2O4S. The molecule has 1 saturated carbocycles. The Hall–Kier alpha value is -0.660. The molecule has 1 saturated heterocycles. The van der Waals surface area contributed by atoms with Crippen molar-refractivity contribution in [2.24, 2.45) is 5.92 Å². The fraction of sp³-hybridized carbons (Fsp3) is 0.929. The first-order chi connectivity index (χ1) is 9.76. The van der Waals surface area contributed by atoms with E-state index in [1.807, 2.05) is 0 Å². The molecule has 6 nitrogen and oxygen atoms in total. The van der Waals surface area contributed by atoms with Crippen molar-refractivity contribution in [3.8, 4) is 0 Å². The number of carboxylic acid groups (broad SMARTS) is 1. The highest BCUT2D eigenvalue weighted by Crippen LogP contribution is 2.40. The lowest BCUT2D eigenvalue weighted by Gasteiger charge is -2.47. The third-order valence-corrected chi connectivity index (χ3v) is 7.16. The number of nitrogens with zero attached hydrogens (tertiary/aromatic N) is 2. The summed E-state index contributed by atoms with van der Waals surface area (Å²) in [7, 11) is -2.21. The van der Waals surface area contributed by atoms with Crippen molar-refractivity contribution in [1.29, 1.82) is 0 Å². The molecule has 122 valence electrons. The summed E-state index contributed by atoms with van der Waals surface area (Å²) in [6.45, 7) is 3.60. The topological polar surface area (TPSA) is 77.9 Å². The van der Waals surface area contributed by atoms with Crippen LogP contribution in [0.5, 0.6) is 0 Å². The third kappa shape index (κ3) is 3.10. The lowest BCUT2D eigenvalue weighted by atomic mass is 9.78. The summed E-state index contributed by atoms with van der Waals surface area (Å²) in [4.78, 5) is 11.6. The molecule has 3 atom stereocenters. The van der Waals surface area contributed by atoms with Crippen LogP contribution in [0.2, 0.25) is 0 Å². The normalized spacial score (nSPS) is 31.4. The molecule has 0 spiro atoms. The van der Waals surface area contributed by atoms with Crippen LogP contribution in [0, 0.1) is 5.92 Å². The highest BCUT2D eigenvalue weighted by molar-refractivity contribution is 7.86. The van der Waals surface area contributed by atoms with Crippen LogP contribution in [0.1, 0.15) is 52.4 Å². The van der Waals surface area contributed by atoms with Crippen LogP contribution < -0.4 is 0 Å². The molecule has 1 aliphatic heterocycles. The first kappa shape index (κ1) is 16.7. The number of fused-ring (bicyclic) bond motifs is 1. The zero-order valence-electron chi connectivity index (χ0n) is 13.0. The van der Waals surface area contributed by atoms with E-state index >= 15 is 0 Å². The second-order valence-electron chi connectivity index (χ2n) is 6.49. The average molecular weight is 318 g/mol. The Bertz CT molecular complexity index is 491. The van der Waals surface area contributed by atoms with Gasteiger partial charge < -0.3 is 5.11 Å². The lowest BCUT2D eigenvalue weighted by Crippen LogP contribution is -2.60. The molecule has 2 aliphatic rings. The van der Waals surface area contributed by atoms with Gasteiger partial charge in [-0.3, -0.25) is 4.79 Å². The van der Waals surface area contributed by atoms with Gasteiger partial charge in [-0.2, -0.15) is 17.0 Å². The van der Waals surface area contributed by atoms with Crippen LogP contribution in [-0.4, -0.2) is 53.3 Å². The predicted octanol–water partition coefficient (Wildman–Crippen LogP) is 1.68. The zero-order chi connectivity index (χ0) is 15.8. The second-order valence-corrected chi connectivity index (χ2v) is 8.38. The van der Waals surface area contributed by atoms with Gasteiger partial charge >= 0.3 is 5.97 Å². The van der Waals surface area contributed by atoms with Crippen LogP contribution in [0.3, 0.4) is 0 Å². The summed E-state index contributed by atoms with van der Waals surface area (Å²) >= 11 is 0. The van der Waals surface area contributed by atoms with Crippen molar-refractivity contribution >= 4 is 16.2 Å². The minimum atomic E-state index is -3.74. The van der Waals surface area contributed by atoms with Gasteiger partial charge in [0.1, 0.15) is 6.04 Å². The fourth-order valence-corrected chi connectivity index (χ4v) is 5.54. The number of hydrogen-bond acceptors (Lipinski definition) is 3. The van der Waals surface area contributed by atoms with Crippen molar-refractivity contribution in [3.05, 3.63) is 0 Å². The molecule has 0 aromatic rings. The summed E-state index contributed by atoms with van der Waals surface area (Å²) in [5, 5.41) is 9.46. The van der Waals surface area contributed by atoms with Crippen molar-refractivity contribution in [1.82, 2.24) is 8.61 Å². The smallest absolute Gasteiger partial charge is 0.322 e. The Balaban J connectivity index is 2.39. The molecule has 2 rings (SSSR count). The summed E-state index contributed by atoms with van der Waals surface area (Å²) in [6, 6.07) is -1.26. The van der Waals surface area contributed by atoms with Crippen LogP contribution in [0.25, 0.3) is 0 Å². The van der Waals surface area contributed by atoms with E-state index in [-0.39, 0.29) is 12.1 Å². The number of carboxylic acids is 1. The number of aliphatic carboxylic acids is 1. The molecule has 1 aliphatic carbocycles. The van der Waals surface area contributed by atoms with Crippen LogP contribution in [0.4, 0.5) is 0 Å². The van der Waals surface area contributed by atoms with Gasteiger partial charge in [0, 0.05) is 19.1 Å². The minimum Gasteiger partial charge on any atom is -0.480 e. The van der Waals surface area contributed by atoms with Crippen molar-refractivity contribution in [2.45, 2.75) is 70.5 Å². The summed E-state index contributed by atoms with van der Waals surface area (Å²) in [5.74, 6) is -0.718. The second kappa shape index (κ2) is 6.22. The van der Waals surface area contributed by atoms with E-state index in [0.29, 0.717) is 12.3 Å². The van der Waals surface area contributed by atoms with E-state index < -0.39 is 22.2 Å². The Labute approximate surface area is 127 Å². The van der Waals surface area contributed by atoms with Gasteiger partial charge in [-0.05, 0) is 45.4 Å². The first-order valence-corrected chi connectivity index (χ1v) is 9.15. The lowest BCUT2D eigenvalue weighted by molar-refractivity contribution is -0.144. The van der Waals surface area contributed by atoms with Gasteiger partial charge in [-0.15, -0.1) is 0 Å². The van der Waals surface area contributed by atoms with Gasteiger partial charge in [-0.1, -0.05) is 12.8 Å². The maximum atomic E-state index is 12.9. The Morgan fingerprint density at radius 2 is 1.81 bits per heavy atom. The molecule has 7 heteroatoms. The van der Waals surface area contributed by atoms with Gasteiger partial charge in [0.05, 0.1) is 0 Å². The van der Waals surface area contributed by atoms with Gasteiger partial charge in [0.2, 0.25) is 0 Å². The number of carbonyl (C=O) groups is 1. The highest BCUT2D eigenvalue weighted by atomic mass is 32.2. The largest absolute Gasteiger partial charge is 0.480 e. The van der Waals surface area contributed by atoms with E-state index in [0.717, 1.165) is 32.1 Å². The molecule has 1 N–H and O–H groups in total. The van der Waals surface area contributed by atoms with Crippen LogP contribution in [0.15, 0.2) is 0 Å². The molecule has 0 bridgehead atoms. The SMILES string of the molecule is CC(C)N(C)S(=O)(=O)N1C(C(=O)O)CCC2CCCCC21. The average Bonchev–Trinajstić information content (AvgIpc) is 2.44. The van der Waals surface area contributed by atoms with E-state index in [1.165, 1.54) is 15.7 Å². The Morgan fingerprint density at radius 3 is 2.38 bits per heavy atom. The van der Waals surface area contributed by atoms with E-state index in [9.17, 15) is 18.3 Å². The number of rotatable bonds is 4. The van der Waals surface area contributed by atoms with Crippen molar-refractivity contribution in [3.63, 3.8) is 0 Å². The molecule has 0 radical (unpaired) electrons. The van der Waals surface area contributed by atoms with E-state index in [2.05, 4.69) is 0 Å². The quantitative estimate of drug-likeness (QED) is 0.855. The standard InChI is InChI=1S/C14H26N2O4S/c1-10(2)15(3)21(19,20)16-12-7-5-4-6-11(12)8-9-13(16)14(17)18/h10-13H,4-9H2,1-3H3,(H,17,18). The number of piperidine rings is 1. The molecule has 3 unspecified atom stereocenters. The summed E-state index contributed by atoms with van der Waals surface area (Å²) in [6.07, 6.45) is 5.12. The summed E-state index contributed by atoms with van der Waals surface area (Å²) in [5.41, 5.74) is 0. The molecule has 21 heavy (non-hydrogen) atoms. The molecule has 2 fully saturated rings. The monoisotopic (exact) mass is 318 g/mol. The van der Waals surface area contributed by atoms with E-state index in [4.69, 9.17) is 0 Å². The Kier molecular flexibility index (Phi) is 4.95. The van der Waals surface area contributed by atoms with Gasteiger partial charge in [-0.25, -0.2) is 0 Å². The number of hydrogen-bond donors (Lipinski definition) is 1. The summed E-state index contributed by atoms with van der Waals surface area (Å²) < 4.78 is 28.4. The molecular weight excluding hydrogens is 292 g/mol. The zero-order valence-corrected chi connectivity index (χ0v) is 13.8. The fourth-order valence-electron chi connectivity index (χ4n) is 3.57. The van der Waals surface area contributed by atoms with E-state index in [1.54, 1.807) is 13.8 Å². The minimum absolute atomic E-state index is 0.153. The van der Waals surface area contributed by atoms with Gasteiger partial charge in [0.25, 0.3) is 10.2 Å². The van der Waals surface area contributed by atoms with Crippen molar-refractivity contribution < 1.29 is 18.3 Å². The molecule has 0 aromatic carbocycles. The maximum absolute atomic E-state index is 12.9. The van der Waals surface area contributed by atoms with Crippen LogP contribution in [-0.2, 0) is 15.0 Å². The highest BCUT2D eigenvalue weighted by Gasteiger charge is 2.48. The third-order valence-electron chi connectivity index (χ3n) is 4.96. The molecule has 0 amide bonds. The Morgan fingerprint density at radius 1 is 1.19 bits per heavy atom. The molecule has 1 heterocycles. The first-order valence-electron chi connectivity index (χ1n) is 7.76. The van der Waals surface area contributed by atoms with Gasteiger partial charge in [0.15, 0.2) is 0 Å². The predicted molar refractivity (Wildman–Crippen MR) is 80.1 cm³/mol. The van der Waals surface area contributed by atoms with Crippen LogP contribution >= 0.6 is 0 Å².